The summed E-state index contributed by atoms with van der Waals surface area (Å²) in [5.41, 5.74) is 1.47. The van der Waals surface area contributed by atoms with Gasteiger partial charge in [-0.1, -0.05) is 44.2 Å². The normalized spacial score (nSPS) is 21.4. The van der Waals surface area contributed by atoms with Crippen LogP contribution in [0.5, 0.6) is 0 Å². The van der Waals surface area contributed by atoms with Gasteiger partial charge in [-0.15, -0.1) is 0 Å². The second kappa shape index (κ2) is 6.91. The number of nitrogens with zero attached hydrogens (tertiary/aromatic N) is 1. The topological polar surface area (TPSA) is 15.3 Å². The first kappa shape index (κ1) is 13.6. The van der Waals surface area contributed by atoms with Crippen molar-refractivity contribution in [1.29, 1.82) is 0 Å². The molecule has 1 aliphatic rings. The third-order valence-electron chi connectivity index (χ3n) is 3.88. The molecule has 2 heteroatoms. The van der Waals surface area contributed by atoms with E-state index in [2.05, 4.69) is 54.4 Å². The van der Waals surface area contributed by atoms with Crippen molar-refractivity contribution in [3.8, 4) is 0 Å². The van der Waals surface area contributed by atoms with Crippen LogP contribution in [0.15, 0.2) is 30.3 Å². The minimum atomic E-state index is 0.676. The average molecular weight is 246 g/mol. The highest BCUT2D eigenvalue weighted by Gasteiger charge is 2.20. The van der Waals surface area contributed by atoms with Crippen LogP contribution in [0.4, 0.5) is 0 Å². The van der Waals surface area contributed by atoms with Gasteiger partial charge in [0.2, 0.25) is 0 Å². The lowest BCUT2D eigenvalue weighted by atomic mass is 10.0. The maximum atomic E-state index is 3.61. The van der Waals surface area contributed by atoms with Gasteiger partial charge in [-0.25, -0.2) is 0 Å². The van der Waals surface area contributed by atoms with E-state index in [0.29, 0.717) is 6.04 Å². The number of hydrogen-bond acceptors (Lipinski definition) is 2. The summed E-state index contributed by atoms with van der Waals surface area (Å²) in [4.78, 5) is 2.62. The largest absolute Gasteiger partial charge is 0.311 e. The molecule has 100 valence electrons. The monoisotopic (exact) mass is 246 g/mol. The molecule has 1 aromatic carbocycles. The molecule has 0 aliphatic carbocycles. The first-order valence-electron chi connectivity index (χ1n) is 7.25. The van der Waals surface area contributed by atoms with E-state index >= 15 is 0 Å². The van der Waals surface area contributed by atoms with Crippen LogP contribution in [-0.2, 0) is 6.42 Å². The summed E-state index contributed by atoms with van der Waals surface area (Å²) in [6, 6.07) is 11.5. The molecule has 0 spiro atoms. The number of hydrogen-bond donors (Lipinski definition) is 1. The number of rotatable bonds is 5. The summed E-state index contributed by atoms with van der Waals surface area (Å²) in [6.07, 6.45) is 2.48. The molecule has 1 unspecified atom stereocenters. The van der Waals surface area contributed by atoms with E-state index in [9.17, 15) is 0 Å². The van der Waals surface area contributed by atoms with Crippen LogP contribution in [0, 0.1) is 5.92 Å². The van der Waals surface area contributed by atoms with Crippen LogP contribution in [0.2, 0.25) is 0 Å². The van der Waals surface area contributed by atoms with Crippen molar-refractivity contribution in [2.75, 3.05) is 26.2 Å². The fourth-order valence-electron chi connectivity index (χ4n) is 2.64. The molecule has 0 radical (unpaired) electrons. The molecule has 1 atom stereocenters. The van der Waals surface area contributed by atoms with E-state index in [1.54, 1.807) is 0 Å². The lowest BCUT2D eigenvalue weighted by Crippen LogP contribution is -2.52. The molecule has 0 aromatic heterocycles. The van der Waals surface area contributed by atoms with Gasteiger partial charge in [0.15, 0.2) is 0 Å². The predicted octanol–water partition coefficient (Wildman–Crippen LogP) is 2.55. The Morgan fingerprint density at radius 3 is 2.78 bits per heavy atom. The Hall–Kier alpha value is -0.860. The smallest absolute Gasteiger partial charge is 0.0218 e. The van der Waals surface area contributed by atoms with Crippen LogP contribution in [0.25, 0.3) is 0 Å². The molecule has 0 saturated carbocycles. The molecule has 1 aliphatic heterocycles. The quantitative estimate of drug-likeness (QED) is 0.859. The summed E-state index contributed by atoms with van der Waals surface area (Å²) >= 11 is 0. The molecule has 0 bridgehead atoms. The van der Waals surface area contributed by atoms with E-state index in [1.165, 1.54) is 38.0 Å². The summed E-state index contributed by atoms with van der Waals surface area (Å²) in [5.74, 6) is 0.738. The van der Waals surface area contributed by atoms with E-state index in [1.807, 2.05) is 0 Å². The maximum absolute atomic E-state index is 3.61. The summed E-state index contributed by atoms with van der Waals surface area (Å²) in [6.45, 7) is 9.43. The SMILES string of the molecule is CC(C)C1CN(CCCc2ccccc2)CCN1. The lowest BCUT2D eigenvalue weighted by molar-refractivity contribution is 0.174. The third kappa shape index (κ3) is 4.11. The molecule has 1 heterocycles. The molecular formula is C16H26N2. The van der Waals surface area contributed by atoms with Crippen molar-refractivity contribution in [3.05, 3.63) is 35.9 Å². The molecular weight excluding hydrogens is 220 g/mol. The number of piperazine rings is 1. The number of benzene rings is 1. The Bertz CT molecular complexity index is 334. The molecule has 1 aromatic rings. The van der Waals surface area contributed by atoms with E-state index in [0.717, 1.165) is 12.5 Å². The van der Waals surface area contributed by atoms with Gasteiger partial charge in [-0.3, -0.25) is 0 Å². The lowest BCUT2D eigenvalue weighted by Gasteiger charge is -2.35. The van der Waals surface area contributed by atoms with Gasteiger partial charge in [0.1, 0.15) is 0 Å². The van der Waals surface area contributed by atoms with Gasteiger partial charge < -0.3 is 10.2 Å². The Morgan fingerprint density at radius 2 is 2.06 bits per heavy atom. The van der Waals surface area contributed by atoms with Crippen molar-refractivity contribution < 1.29 is 0 Å². The summed E-state index contributed by atoms with van der Waals surface area (Å²) < 4.78 is 0. The Labute approximate surface area is 111 Å². The van der Waals surface area contributed by atoms with Crippen molar-refractivity contribution in [1.82, 2.24) is 10.2 Å². The summed E-state index contributed by atoms with van der Waals surface area (Å²) in [5, 5.41) is 3.61. The summed E-state index contributed by atoms with van der Waals surface area (Å²) in [7, 11) is 0. The first-order valence-corrected chi connectivity index (χ1v) is 7.25. The minimum absolute atomic E-state index is 0.676. The average Bonchev–Trinajstić information content (AvgIpc) is 2.40. The fourth-order valence-corrected chi connectivity index (χ4v) is 2.64. The van der Waals surface area contributed by atoms with Crippen molar-refractivity contribution >= 4 is 0 Å². The highest BCUT2D eigenvalue weighted by atomic mass is 15.2. The third-order valence-corrected chi connectivity index (χ3v) is 3.88. The Morgan fingerprint density at radius 1 is 1.28 bits per heavy atom. The van der Waals surface area contributed by atoms with E-state index in [4.69, 9.17) is 0 Å². The van der Waals surface area contributed by atoms with Crippen molar-refractivity contribution in [2.24, 2.45) is 5.92 Å². The van der Waals surface area contributed by atoms with Gasteiger partial charge in [0.25, 0.3) is 0 Å². The number of nitrogens with one attached hydrogen (secondary N) is 1. The highest BCUT2D eigenvalue weighted by Crippen LogP contribution is 2.10. The molecule has 1 saturated heterocycles. The molecule has 2 rings (SSSR count). The Balaban J connectivity index is 1.70. The zero-order valence-electron chi connectivity index (χ0n) is 11.7. The van der Waals surface area contributed by atoms with Crippen molar-refractivity contribution in [3.63, 3.8) is 0 Å². The number of aryl methyl sites for hydroxylation is 1. The Kier molecular flexibility index (Phi) is 5.21. The maximum Gasteiger partial charge on any atom is 0.0218 e. The predicted molar refractivity (Wildman–Crippen MR) is 77.8 cm³/mol. The molecule has 18 heavy (non-hydrogen) atoms. The van der Waals surface area contributed by atoms with E-state index < -0.39 is 0 Å². The van der Waals surface area contributed by atoms with Crippen LogP contribution < -0.4 is 5.32 Å². The van der Waals surface area contributed by atoms with E-state index in [-0.39, 0.29) is 0 Å². The zero-order valence-corrected chi connectivity index (χ0v) is 11.7. The standard InChI is InChI=1S/C16H26N2/c1-14(2)16-13-18(12-10-17-16)11-6-9-15-7-4-3-5-8-15/h3-5,7-8,14,16-17H,6,9-13H2,1-2H3. The minimum Gasteiger partial charge on any atom is -0.311 e. The fraction of sp³-hybridized carbons (Fsp3) is 0.625. The van der Waals surface area contributed by atoms with Crippen LogP contribution >= 0.6 is 0 Å². The molecule has 0 amide bonds. The van der Waals surface area contributed by atoms with Crippen LogP contribution in [-0.4, -0.2) is 37.1 Å². The van der Waals surface area contributed by atoms with Gasteiger partial charge in [-0.05, 0) is 30.9 Å². The first-order chi connectivity index (χ1) is 8.75. The molecule has 2 nitrogen and oxygen atoms in total. The zero-order chi connectivity index (χ0) is 12.8. The van der Waals surface area contributed by atoms with Gasteiger partial charge in [-0.2, -0.15) is 0 Å². The second-order valence-corrected chi connectivity index (χ2v) is 5.69. The van der Waals surface area contributed by atoms with Crippen LogP contribution in [0.1, 0.15) is 25.8 Å². The van der Waals surface area contributed by atoms with Crippen LogP contribution in [0.3, 0.4) is 0 Å². The van der Waals surface area contributed by atoms with Gasteiger partial charge >= 0.3 is 0 Å². The molecule has 1 fully saturated rings. The second-order valence-electron chi connectivity index (χ2n) is 5.69. The highest BCUT2D eigenvalue weighted by molar-refractivity contribution is 5.14. The van der Waals surface area contributed by atoms with Gasteiger partial charge in [0, 0.05) is 25.7 Å². The van der Waals surface area contributed by atoms with Gasteiger partial charge in [0.05, 0.1) is 0 Å². The van der Waals surface area contributed by atoms with Crippen molar-refractivity contribution in [2.45, 2.75) is 32.7 Å². The molecule has 1 N–H and O–H groups in total.